The lowest BCUT2D eigenvalue weighted by atomic mass is 10.0. The van der Waals surface area contributed by atoms with E-state index in [4.69, 9.17) is 4.74 Å². The van der Waals surface area contributed by atoms with Gasteiger partial charge >= 0.3 is 0 Å². The third-order valence-corrected chi connectivity index (χ3v) is 5.54. The smallest absolute Gasteiger partial charge is 0.244 e. The van der Waals surface area contributed by atoms with Crippen LogP contribution in [0.25, 0.3) is 21.5 Å². The number of hydrazone groups is 1. The van der Waals surface area contributed by atoms with E-state index in [9.17, 15) is 4.79 Å². The molecule has 0 atom stereocenters. The number of hydrogen-bond donors (Lipinski definition) is 1. The Labute approximate surface area is 177 Å². The highest BCUT2D eigenvalue weighted by atomic mass is 79.9. The number of hydrogen-bond acceptors (Lipinski definition) is 3. The lowest BCUT2D eigenvalue weighted by Crippen LogP contribution is -2.20. The summed E-state index contributed by atoms with van der Waals surface area (Å²) in [6, 6.07) is 23.8. The number of amides is 1. The van der Waals surface area contributed by atoms with Crippen molar-refractivity contribution < 1.29 is 9.53 Å². The van der Waals surface area contributed by atoms with Gasteiger partial charge in [0, 0.05) is 10.0 Å². The molecule has 0 heterocycles. The topological polar surface area (TPSA) is 50.7 Å². The lowest BCUT2D eigenvalue weighted by molar-refractivity contribution is -0.120. The van der Waals surface area contributed by atoms with Crippen molar-refractivity contribution in [3.05, 3.63) is 88.4 Å². The summed E-state index contributed by atoms with van der Waals surface area (Å²) >= 11 is 3.56. The highest BCUT2D eigenvalue weighted by molar-refractivity contribution is 9.10. The molecule has 4 aromatic carbocycles. The van der Waals surface area contributed by atoms with E-state index >= 15 is 0 Å². The van der Waals surface area contributed by atoms with Crippen LogP contribution in [0.5, 0.6) is 5.75 Å². The predicted molar refractivity (Wildman–Crippen MR) is 122 cm³/mol. The van der Waals surface area contributed by atoms with E-state index in [2.05, 4.69) is 26.5 Å². The molecule has 0 saturated carbocycles. The van der Waals surface area contributed by atoms with Crippen molar-refractivity contribution in [1.29, 1.82) is 0 Å². The SMILES string of the molecule is COc1ccc2ccccc2c1/C=N/NC(=O)Cc1ccc(Br)c2ccccc12. The van der Waals surface area contributed by atoms with Gasteiger partial charge in [-0.25, -0.2) is 5.43 Å². The van der Waals surface area contributed by atoms with Crippen LogP contribution in [0.3, 0.4) is 0 Å². The molecule has 0 aliphatic heterocycles. The van der Waals surface area contributed by atoms with E-state index in [1.807, 2.05) is 72.8 Å². The van der Waals surface area contributed by atoms with E-state index in [0.717, 1.165) is 37.1 Å². The molecular weight excluding hydrogens is 428 g/mol. The predicted octanol–water partition coefficient (Wildman–Crippen LogP) is 5.46. The molecule has 4 rings (SSSR count). The largest absolute Gasteiger partial charge is 0.496 e. The fraction of sp³-hybridized carbons (Fsp3) is 0.0833. The van der Waals surface area contributed by atoms with Crippen LogP contribution in [0, 0.1) is 0 Å². The fourth-order valence-electron chi connectivity index (χ4n) is 3.45. The van der Waals surface area contributed by atoms with Crippen molar-refractivity contribution in [2.24, 2.45) is 5.10 Å². The first-order valence-electron chi connectivity index (χ1n) is 9.21. The minimum Gasteiger partial charge on any atom is -0.496 e. The van der Waals surface area contributed by atoms with Gasteiger partial charge in [-0.1, -0.05) is 76.6 Å². The molecular formula is C24H19BrN2O2. The number of methoxy groups -OCH3 is 1. The molecule has 0 unspecified atom stereocenters. The summed E-state index contributed by atoms with van der Waals surface area (Å²) in [4.78, 5) is 12.5. The number of carbonyl (C=O) groups is 1. The number of fused-ring (bicyclic) bond motifs is 2. The first-order valence-corrected chi connectivity index (χ1v) is 10.0. The second kappa shape index (κ2) is 8.45. The molecule has 144 valence electrons. The van der Waals surface area contributed by atoms with Gasteiger partial charge in [-0.2, -0.15) is 5.10 Å². The molecule has 1 amide bonds. The number of benzene rings is 4. The van der Waals surface area contributed by atoms with E-state index in [0.29, 0.717) is 5.75 Å². The summed E-state index contributed by atoms with van der Waals surface area (Å²) < 4.78 is 6.47. The Bertz CT molecular complexity index is 1230. The van der Waals surface area contributed by atoms with Crippen molar-refractivity contribution in [2.45, 2.75) is 6.42 Å². The van der Waals surface area contributed by atoms with Gasteiger partial charge in [0.25, 0.3) is 0 Å². The molecule has 0 bridgehead atoms. The van der Waals surface area contributed by atoms with Gasteiger partial charge in [0.05, 0.1) is 19.7 Å². The Morgan fingerprint density at radius 1 is 0.966 bits per heavy atom. The maximum Gasteiger partial charge on any atom is 0.244 e. The Kier molecular flexibility index (Phi) is 5.58. The molecule has 0 aliphatic rings. The Morgan fingerprint density at radius 2 is 1.69 bits per heavy atom. The average Bonchev–Trinajstić information content (AvgIpc) is 2.76. The molecule has 0 saturated heterocycles. The summed E-state index contributed by atoms with van der Waals surface area (Å²) in [7, 11) is 1.62. The first kappa shape index (κ1) is 19.2. The van der Waals surface area contributed by atoms with Crippen LogP contribution in [-0.4, -0.2) is 19.2 Å². The van der Waals surface area contributed by atoms with Gasteiger partial charge in [-0.3, -0.25) is 4.79 Å². The highest BCUT2D eigenvalue weighted by Crippen LogP contribution is 2.28. The molecule has 0 spiro atoms. The number of rotatable bonds is 5. The van der Waals surface area contributed by atoms with E-state index in [-0.39, 0.29) is 12.3 Å². The third kappa shape index (κ3) is 4.00. The van der Waals surface area contributed by atoms with Crippen molar-refractivity contribution in [3.8, 4) is 5.75 Å². The zero-order valence-corrected chi connectivity index (χ0v) is 17.4. The normalized spacial score (nSPS) is 11.2. The summed E-state index contributed by atoms with van der Waals surface area (Å²) in [6.07, 6.45) is 1.89. The van der Waals surface area contributed by atoms with Crippen LogP contribution < -0.4 is 10.2 Å². The van der Waals surface area contributed by atoms with Crippen LogP contribution >= 0.6 is 15.9 Å². The Hall–Kier alpha value is -3.18. The van der Waals surface area contributed by atoms with Gasteiger partial charge in [-0.15, -0.1) is 0 Å². The van der Waals surface area contributed by atoms with Gasteiger partial charge in [0.1, 0.15) is 5.75 Å². The average molecular weight is 447 g/mol. The number of carbonyl (C=O) groups excluding carboxylic acids is 1. The molecule has 1 N–H and O–H groups in total. The molecule has 5 heteroatoms. The molecule has 0 radical (unpaired) electrons. The van der Waals surface area contributed by atoms with Crippen molar-refractivity contribution in [2.75, 3.05) is 7.11 Å². The summed E-state index contributed by atoms with van der Waals surface area (Å²) in [5.41, 5.74) is 4.43. The number of nitrogens with one attached hydrogen (secondary N) is 1. The first-order chi connectivity index (χ1) is 14.2. The lowest BCUT2D eigenvalue weighted by Gasteiger charge is -2.09. The third-order valence-electron chi connectivity index (χ3n) is 4.85. The quantitative estimate of drug-likeness (QED) is 0.327. The zero-order chi connectivity index (χ0) is 20.2. The monoisotopic (exact) mass is 446 g/mol. The van der Waals surface area contributed by atoms with Crippen LogP contribution in [0.2, 0.25) is 0 Å². The van der Waals surface area contributed by atoms with Gasteiger partial charge in [0.15, 0.2) is 0 Å². The molecule has 4 aromatic rings. The minimum absolute atomic E-state index is 0.173. The van der Waals surface area contributed by atoms with Gasteiger partial charge in [-0.05, 0) is 39.2 Å². The van der Waals surface area contributed by atoms with Crippen molar-refractivity contribution >= 4 is 49.6 Å². The molecule has 0 aromatic heterocycles. The van der Waals surface area contributed by atoms with Crippen LogP contribution in [-0.2, 0) is 11.2 Å². The number of ether oxygens (including phenoxy) is 1. The minimum atomic E-state index is -0.173. The van der Waals surface area contributed by atoms with Crippen molar-refractivity contribution in [3.63, 3.8) is 0 Å². The van der Waals surface area contributed by atoms with Gasteiger partial charge in [0.2, 0.25) is 5.91 Å². The van der Waals surface area contributed by atoms with Crippen LogP contribution in [0.15, 0.2) is 82.4 Å². The van der Waals surface area contributed by atoms with E-state index < -0.39 is 0 Å². The second-order valence-corrected chi connectivity index (χ2v) is 7.48. The Morgan fingerprint density at radius 3 is 2.48 bits per heavy atom. The summed E-state index contributed by atoms with van der Waals surface area (Å²) in [5, 5.41) is 8.42. The number of halogens is 1. The maximum atomic E-state index is 12.5. The zero-order valence-electron chi connectivity index (χ0n) is 15.9. The number of nitrogens with zero attached hydrogens (tertiary/aromatic N) is 1. The molecule has 0 aliphatic carbocycles. The Balaban J connectivity index is 1.55. The van der Waals surface area contributed by atoms with Crippen LogP contribution in [0.4, 0.5) is 0 Å². The van der Waals surface area contributed by atoms with E-state index in [1.54, 1.807) is 13.3 Å². The van der Waals surface area contributed by atoms with Crippen molar-refractivity contribution in [1.82, 2.24) is 5.43 Å². The van der Waals surface area contributed by atoms with E-state index in [1.165, 1.54) is 0 Å². The standard InChI is InChI=1S/C24H19BrN2O2/c1-29-23-13-11-16-6-2-3-7-18(16)21(23)15-26-27-24(28)14-17-10-12-22(25)20-9-5-4-8-19(17)20/h2-13,15H,14H2,1H3,(H,27,28)/b26-15+. The fourth-order valence-corrected chi connectivity index (χ4v) is 3.92. The summed E-state index contributed by atoms with van der Waals surface area (Å²) in [6.45, 7) is 0. The maximum absolute atomic E-state index is 12.5. The van der Waals surface area contributed by atoms with Crippen LogP contribution in [0.1, 0.15) is 11.1 Å². The molecule has 0 fully saturated rings. The second-order valence-electron chi connectivity index (χ2n) is 6.62. The summed E-state index contributed by atoms with van der Waals surface area (Å²) in [5.74, 6) is 0.536. The molecule has 4 nitrogen and oxygen atoms in total. The van der Waals surface area contributed by atoms with Gasteiger partial charge < -0.3 is 4.74 Å². The molecule has 29 heavy (non-hydrogen) atoms. The highest BCUT2D eigenvalue weighted by Gasteiger charge is 2.09.